The van der Waals surface area contributed by atoms with Gasteiger partial charge in [-0.25, -0.2) is 0 Å². The number of piperidine rings is 1. The van der Waals surface area contributed by atoms with Crippen molar-refractivity contribution in [2.45, 2.75) is 53.5 Å². The average Bonchev–Trinajstić information content (AvgIpc) is 2.73. The van der Waals surface area contributed by atoms with Crippen molar-refractivity contribution < 1.29 is 4.79 Å². The highest BCUT2D eigenvalue weighted by atomic mass is 35.5. The molecule has 1 aromatic heterocycles. The largest absolute Gasteiger partial charge is 0.355 e. The highest BCUT2D eigenvalue weighted by Crippen LogP contribution is 2.15. The van der Waals surface area contributed by atoms with E-state index in [1.54, 1.807) is 0 Å². The number of halogens is 1. The molecule has 5 nitrogen and oxygen atoms in total. The Bertz CT molecular complexity index is 507. The van der Waals surface area contributed by atoms with Gasteiger partial charge in [-0.15, -0.1) is 12.4 Å². The smallest absolute Gasteiger partial charge is 0.224 e. The first-order chi connectivity index (χ1) is 10.5. The van der Waals surface area contributed by atoms with Crippen LogP contribution in [0, 0.1) is 25.7 Å². The van der Waals surface area contributed by atoms with E-state index < -0.39 is 0 Å². The Morgan fingerprint density at radius 2 is 2.17 bits per heavy atom. The SMILES string of the molecule is Cc1nn(CC(C)C)c(C)c1CC(=O)NCC1CCCNC1.Cl. The van der Waals surface area contributed by atoms with Crippen LogP contribution >= 0.6 is 12.4 Å². The zero-order chi connectivity index (χ0) is 16.1. The molecular weight excluding hydrogens is 312 g/mol. The van der Waals surface area contributed by atoms with Gasteiger partial charge in [0.25, 0.3) is 0 Å². The van der Waals surface area contributed by atoms with Gasteiger partial charge in [-0.2, -0.15) is 5.10 Å². The topological polar surface area (TPSA) is 59.0 Å². The van der Waals surface area contributed by atoms with Gasteiger partial charge < -0.3 is 10.6 Å². The van der Waals surface area contributed by atoms with Crippen LogP contribution in [0.5, 0.6) is 0 Å². The lowest BCUT2D eigenvalue weighted by Gasteiger charge is -2.22. The molecule has 1 aliphatic rings. The van der Waals surface area contributed by atoms with Crippen LogP contribution in [0.2, 0.25) is 0 Å². The van der Waals surface area contributed by atoms with Crippen molar-refractivity contribution in [3.8, 4) is 0 Å². The molecule has 6 heteroatoms. The van der Waals surface area contributed by atoms with Gasteiger partial charge in [-0.05, 0) is 51.6 Å². The number of nitrogens with zero attached hydrogens (tertiary/aromatic N) is 2. The first kappa shape index (κ1) is 20.0. The van der Waals surface area contributed by atoms with Crippen LogP contribution in [0.25, 0.3) is 0 Å². The molecule has 1 unspecified atom stereocenters. The van der Waals surface area contributed by atoms with Gasteiger partial charge in [0.2, 0.25) is 5.91 Å². The summed E-state index contributed by atoms with van der Waals surface area (Å²) in [6.07, 6.45) is 2.86. The van der Waals surface area contributed by atoms with Gasteiger partial charge >= 0.3 is 0 Å². The second-order valence-electron chi connectivity index (χ2n) is 6.92. The number of rotatable bonds is 6. The van der Waals surface area contributed by atoms with Crippen LogP contribution in [0.15, 0.2) is 0 Å². The number of carbonyl (C=O) groups excluding carboxylic acids is 1. The van der Waals surface area contributed by atoms with Crippen molar-refractivity contribution in [3.63, 3.8) is 0 Å². The minimum Gasteiger partial charge on any atom is -0.355 e. The molecule has 1 saturated heterocycles. The maximum absolute atomic E-state index is 12.2. The lowest BCUT2D eigenvalue weighted by Crippen LogP contribution is -2.38. The van der Waals surface area contributed by atoms with E-state index >= 15 is 0 Å². The zero-order valence-electron chi connectivity index (χ0n) is 14.8. The molecule has 0 aliphatic carbocycles. The molecule has 23 heavy (non-hydrogen) atoms. The molecule has 0 aromatic carbocycles. The van der Waals surface area contributed by atoms with Crippen molar-refractivity contribution in [2.75, 3.05) is 19.6 Å². The Labute approximate surface area is 146 Å². The maximum Gasteiger partial charge on any atom is 0.224 e. The Kier molecular flexibility index (Phi) is 8.06. The van der Waals surface area contributed by atoms with Gasteiger partial charge in [-0.1, -0.05) is 13.8 Å². The second kappa shape index (κ2) is 9.28. The average molecular weight is 343 g/mol. The fourth-order valence-corrected chi connectivity index (χ4v) is 3.09. The fourth-order valence-electron chi connectivity index (χ4n) is 3.09. The van der Waals surface area contributed by atoms with E-state index in [-0.39, 0.29) is 18.3 Å². The number of aromatic nitrogens is 2. The minimum atomic E-state index is 0. The van der Waals surface area contributed by atoms with Crippen LogP contribution in [-0.2, 0) is 17.8 Å². The summed E-state index contributed by atoms with van der Waals surface area (Å²) in [7, 11) is 0. The van der Waals surface area contributed by atoms with Crippen LogP contribution < -0.4 is 10.6 Å². The summed E-state index contributed by atoms with van der Waals surface area (Å²) in [6.45, 7) is 12.2. The van der Waals surface area contributed by atoms with Crippen LogP contribution in [0.4, 0.5) is 0 Å². The number of amides is 1. The molecule has 132 valence electrons. The molecule has 2 rings (SSSR count). The normalized spacial score (nSPS) is 17.9. The second-order valence-corrected chi connectivity index (χ2v) is 6.92. The predicted molar refractivity (Wildman–Crippen MR) is 96.1 cm³/mol. The van der Waals surface area contributed by atoms with Crippen molar-refractivity contribution >= 4 is 18.3 Å². The molecule has 1 aliphatic heterocycles. The molecular formula is C17H31ClN4O. The van der Waals surface area contributed by atoms with Gasteiger partial charge in [0, 0.05) is 24.3 Å². The molecule has 1 aromatic rings. The summed E-state index contributed by atoms with van der Waals surface area (Å²) in [5, 5.41) is 11.1. The number of carbonyl (C=O) groups is 1. The van der Waals surface area contributed by atoms with E-state index in [1.807, 2.05) is 11.6 Å². The maximum atomic E-state index is 12.2. The summed E-state index contributed by atoms with van der Waals surface area (Å²) in [5.41, 5.74) is 3.19. The number of hydrogen-bond donors (Lipinski definition) is 2. The van der Waals surface area contributed by atoms with E-state index in [2.05, 4.69) is 36.5 Å². The molecule has 0 radical (unpaired) electrons. The van der Waals surface area contributed by atoms with E-state index in [0.717, 1.165) is 43.1 Å². The minimum absolute atomic E-state index is 0. The summed E-state index contributed by atoms with van der Waals surface area (Å²) < 4.78 is 2.04. The van der Waals surface area contributed by atoms with Crippen LogP contribution in [-0.4, -0.2) is 35.3 Å². The van der Waals surface area contributed by atoms with Gasteiger partial charge in [0.05, 0.1) is 12.1 Å². The highest BCUT2D eigenvalue weighted by molar-refractivity contribution is 5.85. The molecule has 0 bridgehead atoms. The molecule has 1 amide bonds. The van der Waals surface area contributed by atoms with E-state index in [1.165, 1.54) is 12.8 Å². The summed E-state index contributed by atoms with van der Waals surface area (Å²) in [4.78, 5) is 12.2. The Balaban J connectivity index is 0.00000264. The Hall–Kier alpha value is -1.07. The standard InChI is InChI=1S/C17H30N4O.ClH/c1-12(2)11-21-14(4)16(13(3)20-21)8-17(22)19-10-15-6-5-7-18-9-15;/h12,15,18H,5-11H2,1-4H3,(H,19,22);1H. The summed E-state index contributed by atoms with van der Waals surface area (Å²) >= 11 is 0. The molecule has 1 atom stereocenters. The third-order valence-electron chi connectivity index (χ3n) is 4.39. The van der Waals surface area contributed by atoms with Crippen molar-refractivity contribution in [1.82, 2.24) is 20.4 Å². The molecule has 0 saturated carbocycles. The number of nitrogens with one attached hydrogen (secondary N) is 2. The van der Waals surface area contributed by atoms with Gasteiger partial charge in [-0.3, -0.25) is 9.48 Å². The van der Waals surface area contributed by atoms with E-state index in [4.69, 9.17) is 0 Å². The number of aryl methyl sites for hydroxylation is 1. The Morgan fingerprint density at radius 1 is 1.43 bits per heavy atom. The quantitative estimate of drug-likeness (QED) is 0.833. The zero-order valence-corrected chi connectivity index (χ0v) is 15.6. The summed E-state index contributed by atoms with van der Waals surface area (Å²) in [5.74, 6) is 1.24. The van der Waals surface area contributed by atoms with Crippen LogP contribution in [0.1, 0.15) is 43.6 Å². The van der Waals surface area contributed by atoms with Crippen LogP contribution in [0.3, 0.4) is 0 Å². The van der Waals surface area contributed by atoms with Crippen molar-refractivity contribution in [3.05, 3.63) is 17.0 Å². The molecule has 1 fully saturated rings. The lowest BCUT2D eigenvalue weighted by atomic mass is 9.99. The van der Waals surface area contributed by atoms with Crippen molar-refractivity contribution in [1.29, 1.82) is 0 Å². The molecule has 0 spiro atoms. The summed E-state index contributed by atoms with van der Waals surface area (Å²) in [6, 6.07) is 0. The predicted octanol–water partition coefficient (Wildman–Crippen LogP) is 2.24. The first-order valence-corrected chi connectivity index (χ1v) is 8.47. The van der Waals surface area contributed by atoms with E-state index in [9.17, 15) is 4.79 Å². The fraction of sp³-hybridized carbons (Fsp3) is 0.765. The lowest BCUT2D eigenvalue weighted by molar-refractivity contribution is -0.120. The van der Waals surface area contributed by atoms with E-state index in [0.29, 0.717) is 18.3 Å². The molecule has 2 N–H and O–H groups in total. The third kappa shape index (κ3) is 5.81. The van der Waals surface area contributed by atoms with Gasteiger partial charge in [0.15, 0.2) is 0 Å². The number of hydrogen-bond acceptors (Lipinski definition) is 3. The Morgan fingerprint density at radius 3 is 2.78 bits per heavy atom. The molecule has 2 heterocycles. The van der Waals surface area contributed by atoms with Gasteiger partial charge in [0.1, 0.15) is 0 Å². The monoisotopic (exact) mass is 342 g/mol. The highest BCUT2D eigenvalue weighted by Gasteiger charge is 2.17. The third-order valence-corrected chi connectivity index (χ3v) is 4.39. The first-order valence-electron chi connectivity index (χ1n) is 8.47. The van der Waals surface area contributed by atoms with Crippen molar-refractivity contribution in [2.24, 2.45) is 11.8 Å².